The first-order valence-electron chi connectivity index (χ1n) is 6.95. The largest absolute Gasteiger partial charge is 0.328 e. The monoisotopic (exact) mass is 295 g/mol. The molecule has 0 spiro atoms. The Morgan fingerprint density at radius 2 is 1.95 bits per heavy atom. The van der Waals surface area contributed by atoms with Crippen molar-refractivity contribution in [2.45, 2.75) is 32.5 Å². The van der Waals surface area contributed by atoms with Crippen molar-refractivity contribution in [2.75, 3.05) is 7.05 Å². The van der Waals surface area contributed by atoms with Gasteiger partial charge in [0.1, 0.15) is 0 Å². The van der Waals surface area contributed by atoms with E-state index in [9.17, 15) is 13.6 Å². The number of nitrogens with zero attached hydrogens (tertiary/aromatic N) is 2. The molecular formula is C15H19F2N3O. The second-order valence-corrected chi connectivity index (χ2v) is 4.91. The number of rotatable bonds is 6. The predicted octanol–water partition coefficient (Wildman–Crippen LogP) is 2.30. The number of nitrogens with one attached hydrogen (secondary N) is 1. The van der Waals surface area contributed by atoms with E-state index in [0.717, 1.165) is 12.5 Å². The zero-order valence-electron chi connectivity index (χ0n) is 12.1. The van der Waals surface area contributed by atoms with Crippen LogP contribution >= 0.6 is 0 Å². The van der Waals surface area contributed by atoms with E-state index in [1.54, 1.807) is 24.0 Å². The number of aromatic nitrogens is 2. The van der Waals surface area contributed by atoms with Gasteiger partial charge in [-0.15, -0.1) is 0 Å². The molecule has 4 nitrogen and oxygen atoms in total. The van der Waals surface area contributed by atoms with Crippen molar-refractivity contribution in [1.29, 1.82) is 0 Å². The Bertz CT molecular complexity index is 663. The number of imidazole rings is 1. The Hall–Kier alpha value is -1.95. The lowest BCUT2D eigenvalue weighted by molar-refractivity contribution is 0.439. The van der Waals surface area contributed by atoms with Gasteiger partial charge in [0.2, 0.25) is 0 Å². The summed E-state index contributed by atoms with van der Waals surface area (Å²) >= 11 is 0. The topological polar surface area (TPSA) is 39.0 Å². The Balaban J connectivity index is 2.27. The van der Waals surface area contributed by atoms with Crippen LogP contribution in [0.2, 0.25) is 0 Å². The van der Waals surface area contributed by atoms with Gasteiger partial charge in [0.05, 0.1) is 6.04 Å². The van der Waals surface area contributed by atoms with Gasteiger partial charge >= 0.3 is 5.69 Å². The average Bonchev–Trinajstić information content (AvgIpc) is 2.81. The van der Waals surface area contributed by atoms with Gasteiger partial charge in [-0.2, -0.15) is 0 Å². The van der Waals surface area contributed by atoms with Crippen LogP contribution in [0.1, 0.15) is 24.9 Å². The summed E-state index contributed by atoms with van der Waals surface area (Å²) < 4.78 is 30.3. The van der Waals surface area contributed by atoms with Crippen LogP contribution < -0.4 is 11.0 Å². The number of halogens is 2. The van der Waals surface area contributed by atoms with Crippen molar-refractivity contribution in [3.8, 4) is 0 Å². The molecule has 1 unspecified atom stereocenters. The van der Waals surface area contributed by atoms with E-state index in [1.807, 2.05) is 6.92 Å². The van der Waals surface area contributed by atoms with Gasteiger partial charge in [-0.05, 0) is 19.5 Å². The van der Waals surface area contributed by atoms with Crippen LogP contribution in [0, 0.1) is 11.6 Å². The highest BCUT2D eigenvalue weighted by Gasteiger charge is 2.18. The zero-order chi connectivity index (χ0) is 15.4. The highest BCUT2D eigenvalue weighted by atomic mass is 19.2. The van der Waals surface area contributed by atoms with Crippen molar-refractivity contribution in [1.82, 2.24) is 14.5 Å². The normalized spacial score (nSPS) is 12.6. The number of benzene rings is 1. The smallest absolute Gasteiger partial charge is 0.311 e. The maximum absolute atomic E-state index is 13.9. The molecule has 21 heavy (non-hydrogen) atoms. The molecule has 0 bridgehead atoms. The molecule has 1 N–H and O–H groups in total. The summed E-state index contributed by atoms with van der Waals surface area (Å²) in [6.45, 7) is 2.87. The molecule has 1 atom stereocenters. The molecule has 114 valence electrons. The molecule has 0 amide bonds. The fourth-order valence-electron chi connectivity index (χ4n) is 2.33. The number of hydrogen-bond acceptors (Lipinski definition) is 2. The highest BCUT2D eigenvalue weighted by Crippen LogP contribution is 2.20. The molecule has 0 fully saturated rings. The van der Waals surface area contributed by atoms with E-state index in [2.05, 4.69) is 5.32 Å². The summed E-state index contributed by atoms with van der Waals surface area (Å²) in [5.74, 6) is -1.76. The minimum atomic E-state index is -0.886. The fraction of sp³-hybridized carbons (Fsp3) is 0.400. The zero-order valence-corrected chi connectivity index (χ0v) is 12.1. The van der Waals surface area contributed by atoms with Crippen molar-refractivity contribution >= 4 is 0 Å². The first-order chi connectivity index (χ1) is 10.1. The van der Waals surface area contributed by atoms with Gasteiger partial charge < -0.3 is 5.32 Å². The third kappa shape index (κ3) is 3.21. The van der Waals surface area contributed by atoms with Crippen molar-refractivity contribution < 1.29 is 8.78 Å². The summed E-state index contributed by atoms with van der Waals surface area (Å²) in [5, 5.41) is 2.93. The summed E-state index contributed by atoms with van der Waals surface area (Å²) in [6.07, 6.45) is 4.23. The molecule has 0 aliphatic carbocycles. The molecule has 0 aliphatic rings. The Kier molecular flexibility index (Phi) is 4.90. The summed E-state index contributed by atoms with van der Waals surface area (Å²) in [7, 11) is 1.66. The first-order valence-corrected chi connectivity index (χ1v) is 6.95. The lowest BCUT2D eigenvalue weighted by Crippen LogP contribution is -2.30. The Morgan fingerprint density at radius 3 is 2.62 bits per heavy atom. The summed E-state index contributed by atoms with van der Waals surface area (Å²) in [5.41, 5.74) is 0.0709. The average molecular weight is 295 g/mol. The lowest BCUT2D eigenvalue weighted by atomic mass is 10.1. The van der Waals surface area contributed by atoms with Crippen LogP contribution in [0.25, 0.3) is 0 Å². The number of hydrogen-bond donors (Lipinski definition) is 1. The van der Waals surface area contributed by atoms with E-state index >= 15 is 0 Å². The molecule has 2 rings (SSSR count). The van der Waals surface area contributed by atoms with Gasteiger partial charge in [-0.25, -0.2) is 13.6 Å². The van der Waals surface area contributed by atoms with E-state index in [-0.39, 0.29) is 17.8 Å². The molecule has 0 saturated carbocycles. The van der Waals surface area contributed by atoms with Crippen molar-refractivity contribution in [3.05, 3.63) is 58.3 Å². The quantitative estimate of drug-likeness (QED) is 0.888. The maximum atomic E-state index is 13.9. The Morgan fingerprint density at radius 1 is 1.24 bits per heavy atom. The number of aryl methyl sites for hydroxylation is 1. The molecule has 1 heterocycles. The molecule has 1 aromatic heterocycles. The summed E-state index contributed by atoms with van der Waals surface area (Å²) in [6, 6.07) is 3.59. The van der Waals surface area contributed by atoms with Crippen LogP contribution in [-0.2, 0) is 13.1 Å². The second kappa shape index (κ2) is 6.67. The standard InChI is InChI=1S/C15H19F2N3O/c1-3-7-19-8-9-20(15(19)21)10-13(18-2)11-5-4-6-12(16)14(11)17/h4-6,8-9,13,18H,3,7,10H2,1-2H3. The van der Waals surface area contributed by atoms with E-state index in [1.165, 1.54) is 16.7 Å². The maximum Gasteiger partial charge on any atom is 0.328 e. The van der Waals surface area contributed by atoms with Crippen LogP contribution in [-0.4, -0.2) is 16.2 Å². The SMILES string of the molecule is CCCn1ccn(CC(NC)c2cccc(F)c2F)c1=O. The highest BCUT2D eigenvalue weighted by molar-refractivity contribution is 5.22. The van der Waals surface area contributed by atoms with Crippen molar-refractivity contribution in [2.24, 2.45) is 0 Å². The molecular weight excluding hydrogens is 276 g/mol. The first kappa shape index (κ1) is 15.4. The third-order valence-corrected chi connectivity index (χ3v) is 3.47. The fourth-order valence-corrected chi connectivity index (χ4v) is 2.33. The number of likely N-dealkylation sites (N-methyl/N-ethyl adjacent to an activating group) is 1. The van der Waals surface area contributed by atoms with Crippen LogP contribution in [0.3, 0.4) is 0 Å². The Labute approximate surface area is 122 Å². The minimum absolute atomic E-state index is 0.145. The molecule has 0 aliphatic heterocycles. The van der Waals surface area contributed by atoms with Gasteiger partial charge in [-0.3, -0.25) is 9.13 Å². The molecule has 6 heteroatoms. The van der Waals surface area contributed by atoms with E-state index < -0.39 is 17.7 Å². The molecule has 0 radical (unpaired) electrons. The van der Waals surface area contributed by atoms with E-state index in [0.29, 0.717) is 6.54 Å². The van der Waals surface area contributed by atoms with Gasteiger partial charge in [-0.1, -0.05) is 19.1 Å². The molecule has 0 saturated heterocycles. The van der Waals surface area contributed by atoms with Crippen molar-refractivity contribution in [3.63, 3.8) is 0 Å². The molecule has 2 aromatic rings. The third-order valence-electron chi connectivity index (χ3n) is 3.47. The lowest BCUT2D eigenvalue weighted by Gasteiger charge is -2.17. The molecule has 1 aromatic carbocycles. The second-order valence-electron chi connectivity index (χ2n) is 4.91. The predicted molar refractivity (Wildman–Crippen MR) is 77.1 cm³/mol. The van der Waals surface area contributed by atoms with Gasteiger partial charge in [0.25, 0.3) is 0 Å². The minimum Gasteiger partial charge on any atom is -0.311 e. The van der Waals surface area contributed by atoms with Gasteiger partial charge in [0, 0.05) is 31.0 Å². The van der Waals surface area contributed by atoms with E-state index in [4.69, 9.17) is 0 Å². The van der Waals surface area contributed by atoms with Crippen LogP contribution in [0.4, 0.5) is 8.78 Å². The van der Waals surface area contributed by atoms with Crippen LogP contribution in [0.5, 0.6) is 0 Å². The van der Waals surface area contributed by atoms with Crippen LogP contribution in [0.15, 0.2) is 35.4 Å². The summed E-state index contributed by atoms with van der Waals surface area (Å²) in [4.78, 5) is 12.1. The van der Waals surface area contributed by atoms with Gasteiger partial charge in [0.15, 0.2) is 11.6 Å².